The van der Waals surface area contributed by atoms with Crippen molar-refractivity contribution in [1.82, 2.24) is 9.97 Å². The fraction of sp³-hybridized carbons (Fsp3) is 0.0909. The molecular formula is C11H10N2OS. The highest BCUT2D eigenvalue weighted by atomic mass is 32.2. The number of pyridine rings is 2. The lowest BCUT2D eigenvalue weighted by molar-refractivity contribution is 0.474. The van der Waals surface area contributed by atoms with Crippen LogP contribution in [0.1, 0.15) is 0 Å². The Kier molecular flexibility index (Phi) is 2.87. The van der Waals surface area contributed by atoms with E-state index in [9.17, 15) is 5.11 Å². The first-order valence-corrected chi connectivity index (χ1v) is 5.68. The summed E-state index contributed by atoms with van der Waals surface area (Å²) in [6, 6.07) is 7.14. The summed E-state index contributed by atoms with van der Waals surface area (Å²) >= 11 is 1.54. The average Bonchev–Trinajstić information content (AvgIpc) is 2.31. The Balaban J connectivity index is 2.52. The van der Waals surface area contributed by atoms with E-state index in [4.69, 9.17) is 0 Å². The van der Waals surface area contributed by atoms with Gasteiger partial charge < -0.3 is 5.11 Å². The van der Waals surface area contributed by atoms with Crippen LogP contribution in [-0.4, -0.2) is 21.3 Å². The maximum Gasteiger partial charge on any atom is 0.142 e. The number of hydrogen-bond donors (Lipinski definition) is 1. The molecule has 2 heterocycles. The van der Waals surface area contributed by atoms with E-state index in [2.05, 4.69) is 9.97 Å². The van der Waals surface area contributed by atoms with Gasteiger partial charge in [-0.05, 0) is 30.5 Å². The number of aromatic hydroxyl groups is 1. The summed E-state index contributed by atoms with van der Waals surface area (Å²) in [5.74, 6) is 0.181. The number of hydrogen-bond acceptors (Lipinski definition) is 4. The third kappa shape index (κ3) is 2.10. The van der Waals surface area contributed by atoms with Gasteiger partial charge in [0.05, 0.1) is 5.03 Å². The highest BCUT2D eigenvalue weighted by Crippen LogP contribution is 2.28. The van der Waals surface area contributed by atoms with Crippen LogP contribution in [0, 0.1) is 0 Å². The van der Waals surface area contributed by atoms with Gasteiger partial charge in [0, 0.05) is 18.0 Å². The fourth-order valence-corrected chi connectivity index (χ4v) is 1.65. The van der Waals surface area contributed by atoms with Gasteiger partial charge in [-0.3, -0.25) is 4.98 Å². The molecule has 0 aromatic carbocycles. The average molecular weight is 218 g/mol. The summed E-state index contributed by atoms with van der Waals surface area (Å²) in [7, 11) is 0. The Hall–Kier alpha value is -1.55. The molecule has 0 saturated heterocycles. The van der Waals surface area contributed by atoms with Crippen molar-refractivity contribution in [2.24, 2.45) is 0 Å². The first-order valence-electron chi connectivity index (χ1n) is 4.45. The number of nitrogens with zero attached hydrogens (tertiary/aromatic N) is 2. The quantitative estimate of drug-likeness (QED) is 0.787. The molecule has 0 radical (unpaired) electrons. The second-order valence-electron chi connectivity index (χ2n) is 2.96. The molecule has 0 aliphatic carbocycles. The van der Waals surface area contributed by atoms with Crippen LogP contribution in [0.15, 0.2) is 41.7 Å². The Bertz CT molecular complexity index is 459. The summed E-state index contributed by atoms with van der Waals surface area (Å²) in [6.45, 7) is 0. The molecule has 2 aromatic heterocycles. The first-order chi connectivity index (χ1) is 7.31. The molecule has 0 amide bonds. The standard InChI is InChI=1S/C11H10N2OS/c1-15-10-5-4-9(14)11(13-10)8-3-2-6-12-7-8/h2-7,14H,1H3. The minimum absolute atomic E-state index is 0.181. The van der Waals surface area contributed by atoms with Gasteiger partial charge in [-0.15, -0.1) is 11.8 Å². The van der Waals surface area contributed by atoms with E-state index in [1.807, 2.05) is 18.4 Å². The third-order valence-electron chi connectivity index (χ3n) is 1.99. The Morgan fingerprint density at radius 3 is 2.80 bits per heavy atom. The summed E-state index contributed by atoms with van der Waals surface area (Å²) in [5, 5.41) is 10.6. The highest BCUT2D eigenvalue weighted by Gasteiger charge is 2.06. The van der Waals surface area contributed by atoms with Crippen molar-refractivity contribution in [2.45, 2.75) is 5.03 Å². The van der Waals surface area contributed by atoms with Crippen molar-refractivity contribution in [1.29, 1.82) is 0 Å². The van der Waals surface area contributed by atoms with Gasteiger partial charge in [-0.1, -0.05) is 0 Å². The van der Waals surface area contributed by atoms with Crippen molar-refractivity contribution in [3.8, 4) is 17.0 Å². The second-order valence-corrected chi connectivity index (χ2v) is 3.79. The molecule has 0 saturated carbocycles. The zero-order chi connectivity index (χ0) is 10.7. The van der Waals surface area contributed by atoms with Crippen LogP contribution in [0.25, 0.3) is 11.3 Å². The smallest absolute Gasteiger partial charge is 0.142 e. The summed E-state index contributed by atoms with van der Waals surface area (Å²) in [5.41, 5.74) is 1.40. The summed E-state index contributed by atoms with van der Waals surface area (Å²) < 4.78 is 0. The Labute approximate surface area is 92.2 Å². The lowest BCUT2D eigenvalue weighted by atomic mass is 10.2. The molecule has 1 N–H and O–H groups in total. The first kappa shape index (κ1) is 9.98. The van der Waals surface area contributed by atoms with Gasteiger partial charge >= 0.3 is 0 Å². The molecule has 0 bridgehead atoms. The SMILES string of the molecule is CSc1ccc(O)c(-c2cccnc2)n1. The molecule has 2 rings (SSSR count). The minimum atomic E-state index is 0.181. The van der Waals surface area contributed by atoms with Crippen molar-refractivity contribution in [2.75, 3.05) is 6.26 Å². The molecule has 0 atom stereocenters. The van der Waals surface area contributed by atoms with Crippen LogP contribution in [0.4, 0.5) is 0 Å². The minimum Gasteiger partial charge on any atom is -0.506 e. The molecular weight excluding hydrogens is 208 g/mol. The fourth-order valence-electron chi connectivity index (χ4n) is 1.26. The summed E-state index contributed by atoms with van der Waals surface area (Å²) in [6.07, 6.45) is 5.33. The zero-order valence-electron chi connectivity index (χ0n) is 8.21. The van der Waals surface area contributed by atoms with Crippen molar-refractivity contribution in [3.05, 3.63) is 36.7 Å². The van der Waals surface area contributed by atoms with Crippen molar-refractivity contribution >= 4 is 11.8 Å². The number of thioether (sulfide) groups is 1. The van der Waals surface area contributed by atoms with Crippen LogP contribution in [0.3, 0.4) is 0 Å². The van der Waals surface area contributed by atoms with Gasteiger partial charge in [-0.2, -0.15) is 0 Å². The van der Waals surface area contributed by atoms with Crippen LogP contribution < -0.4 is 0 Å². The van der Waals surface area contributed by atoms with E-state index in [1.165, 1.54) is 0 Å². The molecule has 0 unspecified atom stereocenters. The van der Waals surface area contributed by atoms with Crippen LogP contribution in [0.5, 0.6) is 5.75 Å². The predicted molar refractivity (Wildman–Crippen MR) is 60.9 cm³/mol. The highest BCUT2D eigenvalue weighted by molar-refractivity contribution is 7.98. The topological polar surface area (TPSA) is 46.0 Å². The molecule has 0 aliphatic rings. The molecule has 15 heavy (non-hydrogen) atoms. The van der Waals surface area contributed by atoms with E-state index in [0.29, 0.717) is 5.69 Å². The molecule has 4 heteroatoms. The normalized spacial score (nSPS) is 10.2. The van der Waals surface area contributed by atoms with E-state index in [1.54, 1.807) is 36.3 Å². The van der Waals surface area contributed by atoms with Gasteiger partial charge in [0.15, 0.2) is 0 Å². The zero-order valence-corrected chi connectivity index (χ0v) is 9.03. The largest absolute Gasteiger partial charge is 0.506 e. The van der Waals surface area contributed by atoms with E-state index < -0.39 is 0 Å². The molecule has 76 valence electrons. The third-order valence-corrected chi connectivity index (χ3v) is 2.64. The Morgan fingerprint density at radius 1 is 1.27 bits per heavy atom. The Morgan fingerprint density at radius 2 is 2.13 bits per heavy atom. The predicted octanol–water partition coefficient (Wildman–Crippen LogP) is 2.57. The molecule has 3 nitrogen and oxygen atoms in total. The van der Waals surface area contributed by atoms with Gasteiger partial charge in [-0.25, -0.2) is 4.98 Å². The van der Waals surface area contributed by atoms with Gasteiger partial charge in [0.1, 0.15) is 11.4 Å². The maximum absolute atomic E-state index is 9.68. The maximum atomic E-state index is 9.68. The lowest BCUT2D eigenvalue weighted by Crippen LogP contribution is -1.87. The molecule has 2 aromatic rings. The molecule has 0 fully saturated rings. The number of aromatic nitrogens is 2. The van der Waals surface area contributed by atoms with E-state index in [-0.39, 0.29) is 5.75 Å². The van der Waals surface area contributed by atoms with Gasteiger partial charge in [0.25, 0.3) is 0 Å². The van der Waals surface area contributed by atoms with Crippen LogP contribution >= 0.6 is 11.8 Å². The second kappa shape index (κ2) is 4.31. The van der Waals surface area contributed by atoms with E-state index >= 15 is 0 Å². The van der Waals surface area contributed by atoms with Crippen molar-refractivity contribution < 1.29 is 5.11 Å². The van der Waals surface area contributed by atoms with Crippen LogP contribution in [-0.2, 0) is 0 Å². The molecule has 0 spiro atoms. The van der Waals surface area contributed by atoms with E-state index in [0.717, 1.165) is 10.6 Å². The number of rotatable bonds is 2. The summed E-state index contributed by atoms with van der Waals surface area (Å²) in [4.78, 5) is 8.33. The monoisotopic (exact) mass is 218 g/mol. The van der Waals surface area contributed by atoms with Crippen LogP contribution in [0.2, 0.25) is 0 Å². The molecule has 0 aliphatic heterocycles. The van der Waals surface area contributed by atoms with Crippen molar-refractivity contribution in [3.63, 3.8) is 0 Å². The van der Waals surface area contributed by atoms with Gasteiger partial charge in [0.2, 0.25) is 0 Å². The lowest BCUT2D eigenvalue weighted by Gasteiger charge is -2.04.